The Labute approximate surface area is 91.4 Å². The van der Waals surface area contributed by atoms with E-state index in [1.165, 1.54) is 0 Å². The van der Waals surface area contributed by atoms with Gasteiger partial charge in [0.15, 0.2) is 5.65 Å². The number of anilines is 1. The second-order valence-corrected chi connectivity index (χ2v) is 4.16. The normalized spacial score (nSPS) is 17.1. The van der Waals surface area contributed by atoms with Gasteiger partial charge in [-0.05, 0) is 12.1 Å². The molecule has 2 aromatic heterocycles. The summed E-state index contributed by atoms with van der Waals surface area (Å²) in [5, 5.41) is 4.97. The van der Waals surface area contributed by atoms with Gasteiger partial charge in [-0.15, -0.1) is 5.10 Å². The van der Waals surface area contributed by atoms with Gasteiger partial charge in [-0.1, -0.05) is 11.6 Å². The molecule has 1 saturated heterocycles. The van der Waals surface area contributed by atoms with Crippen molar-refractivity contribution in [1.82, 2.24) is 14.6 Å². The molecule has 1 aliphatic heterocycles. The summed E-state index contributed by atoms with van der Waals surface area (Å²) in [7, 11) is 0. The number of pyridine rings is 1. The first kappa shape index (κ1) is 8.94. The summed E-state index contributed by atoms with van der Waals surface area (Å²) >= 11 is 5.86. The molecule has 3 rings (SSSR count). The van der Waals surface area contributed by atoms with E-state index in [1.807, 2.05) is 11.0 Å². The largest absolute Gasteiger partial charge is 0.336 e. The molecule has 1 aliphatic rings. The van der Waals surface area contributed by atoms with Crippen LogP contribution in [0.5, 0.6) is 0 Å². The number of aromatic nitrogens is 3. The fourth-order valence-corrected chi connectivity index (χ4v) is 1.81. The maximum atomic E-state index is 5.86. The van der Waals surface area contributed by atoms with Crippen molar-refractivity contribution in [3.63, 3.8) is 0 Å². The third-order valence-corrected chi connectivity index (χ3v) is 2.70. The molecule has 78 valence electrons. The van der Waals surface area contributed by atoms with Gasteiger partial charge in [0, 0.05) is 25.3 Å². The highest BCUT2D eigenvalue weighted by atomic mass is 35.5. The van der Waals surface area contributed by atoms with Crippen molar-refractivity contribution in [2.45, 2.75) is 6.04 Å². The molecule has 0 atom stereocenters. The van der Waals surface area contributed by atoms with Crippen molar-refractivity contribution >= 4 is 23.2 Å². The number of halogens is 1. The molecule has 0 spiro atoms. The van der Waals surface area contributed by atoms with Crippen LogP contribution in [0.4, 0.5) is 5.95 Å². The standard InChI is InChI=1S/C9H10ClN5/c10-6-1-2-8-12-9(13-15(8)3-6)14-4-7(11)5-14/h1-3,7H,4-5,11H2. The van der Waals surface area contributed by atoms with E-state index < -0.39 is 0 Å². The van der Waals surface area contributed by atoms with Crippen molar-refractivity contribution in [3.05, 3.63) is 23.4 Å². The third kappa shape index (κ3) is 1.44. The van der Waals surface area contributed by atoms with Gasteiger partial charge in [0.25, 0.3) is 0 Å². The summed E-state index contributed by atoms with van der Waals surface area (Å²) in [5.41, 5.74) is 6.50. The zero-order valence-corrected chi connectivity index (χ0v) is 8.72. The average Bonchev–Trinajstić information content (AvgIpc) is 2.55. The van der Waals surface area contributed by atoms with Crippen LogP contribution in [-0.2, 0) is 0 Å². The van der Waals surface area contributed by atoms with Crippen molar-refractivity contribution in [1.29, 1.82) is 0 Å². The minimum atomic E-state index is 0.250. The Kier molecular flexibility index (Phi) is 1.83. The Morgan fingerprint density at radius 2 is 2.20 bits per heavy atom. The molecule has 5 nitrogen and oxygen atoms in total. The Morgan fingerprint density at radius 3 is 2.93 bits per heavy atom. The molecule has 0 unspecified atom stereocenters. The average molecular weight is 224 g/mol. The van der Waals surface area contributed by atoms with Gasteiger partial charge < -0.3 is 10.6 Å². The van der Waals surface area contributed by atoms with Gasteiger partial charge in [-0.3, -0.25) is 0 Å². The Hall–Kier alpha value is -1.33. The highest BCUT2D eigenvalue weighted by Gasteiger charge is 2.26. The second-order valence-electron chi connectivity index (χ2n) is 3.73. The fraction of sp³-hybridized carbons (Fsp3) is 0.333. The number of nitrogens with two attached hydrogens (primary N) is 1. The van der Waals surface area contributed by atoms with E-state index in [-0.39, 0.29) is 6.04 Å². The lowest BCUT2D eigenvalue weighted by molar-refractivity contribution is 0.509. The van der Waals surface area contributed by atoms with Gasteiger partial charge in [-0.25, -0.2) is 4.52 Å². The zero-order chi connectivity index (χ0) is 10.4. The molecule has 0 amide bonds. The molecule has 6 heteroatoms. The van der Waals surface area contributed by atoms with Gasteiger partial charge in [0.2, 0.25) is 5.95 Å². The SMILES string of the molecule is NC1CN(c2nc3ccc(Cl)cn3n2)C1. The number of fused-ring (bicyclic) bond motifs is 1. The fourth-order valence-electron chi connectivity index (χ4n) is 1.66. The summed E-state index contributed by atoms with van der Waals surface area (Å²) in [6.07, 6.45) is 1.74. The first-order chi connectivity index (χ1) is 7.22. The number of hydrogen-bond acceptors (Lipinski definition) is 4. The lowest BCUT2D eigenvalue weighted by Crippen LogP contribution is -2.56. The lowest BCUT2D eigenvalue weighted by Gasteiger charge is -2.35. The van der Waals surface area contributed by atoms with Crippen LogP contribution in [0.2, 0.25) is 5.02 Å². The maximum absolute atomic E-state index is 5.86. The summed E-state index contributed by atoms with van der Waals surface area (Å²) in [6.45, 7) is 1.65. The predicted octanol–water partition coefficient (Wildman–Crippen LogP) is 0.530. The Bertz CT molecular complexity index is 502. The van der Waals surface area contributed by atoms with E-state index in [0.717, 1.165) is 24.7 Å². The quantitative estimate of drug-likeness (QED) is 0.766. The molecule has 0 saturated carbocycles. The molecule has 3 heterocycles. The van der Waals surface area contributed by atoms with Crippen LogP contribution in [0.3, 0.4) is 0 Å². The van der Waals surface area contributed by atoms with Gasteiger partial charge in [0.05, 0.1) is 5.02 Å². The zero-order valence-electron chi connectivity index (χ0n) is 7.97. The Morgan fingerprint density at radius 1 is 1.40 bits per heavy atom. The summed E-state index contributed by atoms with van der Waals surface area (Å²) in [6, 6.07) is 3.90. The highest BCUT2D eigenvalue weighted by Crippen LogP contribution is 2.17. The van der Waals surface area contributed by atoms with Crippen molar-refractivity contribution in [2.24, 2.45) is 5.73 Å². The molecular weight excluding hydrogens is 214 g/mol. The van der Waals surface area contributed by atoms with E-state index >= 15 is 0 Å². The smallest absolute Gasteiger partial charge is 0.245 e. The first-order valence-corrected chi connectivity index (χ1v) is 5.12. The lowest BCUT2D eigenvalue weighted by atomic mass is 10.1. The second kappa shape index (κ2) is 3.08. The van der Waals surface area contributed by atoms with E-state index in [4.69, 9.17) is 17.3 Å². The van der Waals surface area contributed by atoms with E-state index in [2.05, 4.69) is 10.1 Å². The molecule has 0 aliphatic carbocycles. The molecule has 2 N–H and O–H groups in total. The van der Waals surface area contributed by atoms with Crippen LogP contribution >= 0.6 is 11.6 Å². The summed E-state index contributed by atoms with van der Waals surface area (Å²) < 4.78 is 1.68. The summed E-state index contributed by atoms with van der Waals surface area (Å²) in [5.74, 6) is 0.721. The van der Waals surface area contributed by atoms with Crippen molar-refractivity contribution in [3.8, 4) is 0 Å². The van der Waals surface area contributed by atoms with Gasteiger partial charge >= 0.3 is 0 Å². The van der Waals surface area contributed by atoms with Crippen LogP contribution in [0, 0.1) is 0 Å². The van der Waals surface area contributed by atoms with Crippen LogP contribution in [0.15, 0.2) is 18.3 Å². The highest BCUT2D eigenvalue weighted by molar-refractivity contribution is 6.30. The van der Waals surface area contributed by atoms with Gasteiger partial charge in [0.1, 0.15) is 0 Å². The van der Waals surface area contributed by atoms with Crippen LogP contribution in [0.25, 0.3) is 5.65 Å². The predicted molar refractivity (Wildman–Crippen MR) is 58.2 cm³/mol. The summed E-state index contributed by atoms with van der Waals surface area (Å²) in [4.78, 5) is 6.42. The first-order valence-electron chi connectivity index (χ1n) is 4.75. The third-order valence-electron chi connectivity index (χ3n) is 2.48. The Balaban J connectivity index is 1.99. The molecular formula is C9H10ClN5. The molecule has 15 heavy (non-hydrogen) atoms. The molecule has 0 radical (unpaired) electrons. The van der Waals surface area contributed by atoms with Crippen molar-refractivity contribution < 1.29 is 0 Å². The number of nitrogens with zero attached hydrogens (tertiary/aromatic N) is 4. The van der Waals surface area contributed by atoms with Crippen LogP contribution in [-0.4, -0.2) is 33.7 Å². The topological polar surface area (TPSA) is 59.5 Å². The van der Waals surface area contributed by atoms with Crippen LogP contribution < -0.4 is 10.6 Å². The number of rotatable bonds is 1. The van der Waals surface area contributed by atoms with E-state index in [9.17, 15) is 0 Å². The van der Waals surface area contributed by atoms with E-state index in [1.54, 1.807) is 16.8 Å². The minimum Gasteiger partial charge on any atom is -0.336 e. The van der Waals surface area contributed by atoms with Crippen LogP contribution in [0.1, 0.15) is 0 Å². The van der Waals surface area contributed by atoms with E-state index in [0.29, 0.717) is 5.02 Å². The monoisotopic (exact) mass is 223 g/mol. The molecule has 0 bridgehead atoms. The number of hydrogen-bond donors (Lipinski definition) is 1. The molecule has 0 aromatic carbocycles. The van der Waals surface area contributed by atoms with Crippen molar-refractivity contribution in [2.75, 3.05) is 18.0 Å². The molecule has 1 fully saturated rings. The minimum absolute atomic E-state index is 0.250. The maximum Gasteiger partial charge on any atom is 0.245 e. The molecule has 2 aromatic rings. The van der Waals surface area contributed by atoms with Gasteiger partial charge in [-0.2, -0.15) is 4.98 Å².